The van der Waals surface area contributed by atoms with E-state index in [0.29, 0.717) is 11.5 Å². The summed E-state index contributed by atoms with van der Waals surface area (Å²) in [5.41, 5.74) is 2.77. The minimum Gasteiger partial charge on any atom is -0.493 e. The second-order valence-corrected chi connectivity index (χ2v) is 5.68. The Balaban J connectivity index is 2.15. The Kier molecular flexibility index (Phi) is 6.00. The number of carbonyl (C=O) groups is 1. The van der Waals surface area contributed by atoms with E-state index < -0.39 is 12.1 Å². The predicted octanol–water partition coefficient (Wildman–Crippen LogP) is 3.36. The zero-order chi connectivity index (χ0) is 18.4. The molecule has 1 N–H and O–H groups in total. The van der Waals surface area contributed by atoms with Gasteiger partial charge in [-0.25, -0.2) is 4.79 Å². The van der Waals surface area contributed by atoms with E-state index >= 15 is 0 Å². The lowest BCUT2D eigenvalue weighted by Gasteiger charge is -2.14. The second kappa shape index (κ2) is 8.19. The van der Waals surface area contributed by atoms with Crippen molar-refractivity contribution in [2.75, 3.05) is 26.1 Å². The Morgan fingerprint density at radius 1 is 1.16 bits per heavy atom. The third-order valence-corrected chi connectivity index (χ3v) is 3.57. The highest BCUT2D eigenvalue weighted by molar-refractivity contribution is 5.83. The molecule has 1 atom stereocenters. The average molecular weight is 342 g/mol. The average Bonchev–Trinajstić information content (AvgIpc) is 2.60. The molecule has 0 aliphatic heterocycles. The zero-order valence-corrected chi connectivity index (χ0v) is 14.8. The third-order valence-electron chi connectivity index (χ3n) is 3.57. The highest BCUT2D eigenvalue weighted by Crippen LogP contribution is 2.29. The van der Waals surface area contributed by atoms with E-state index in [2.05, 4.69) is 4.99 Å². The fraction of sp³-hybridized carbons (Fsp3) is 0.263. The van der Waals surface area contributed by atoms with Gasteiger partial charge in [0.15, 0.2) is 17.6 Å². The number of nitrogens with zero attached hydrogens (tertiary/aromatic N) is 2. The largest absolute Gasteiger partial charge is 0.493 e. The third kappa shape index (κ3) is 4.97. The molecular formula is C19H22N2O4. The highest BCUT2D eigenvalue weighted by atomic mass is 16.5. The predicted molar refractivity (Wildman–Crippen MR) is 98.7 cm³/mol. The van der Waals surface area contributed by atoms with E-state index in [9.17, 15) is 4.79 Å². The monoisotopic (exact) mass is 342 g/mol. The molecule has 0 radical (unpaired) electrons. The maximum Gasteiger partial charge on any atom is 0.344 e. The van der Waals surface area contributed by atoms with Crippen LogP contribution in [-0.4, -0.2) is 44.6 Å². The maximum absolute atomic E-state index is 10.9. The summed E-state index contributed by atoms with van der Waals surface area (Å²) in [4.78, 5) is 17.4. The molecule has 2 aromatic rings. The number of ether oxygens (including phenoxy) is 2. The summed E-state index contributed by atoms with van der Waals surface area (Å²) in [5, 5.41) is 8.94. The van der Waals surface area contributed by atoms with Gasteiger partial charge in [0.25, 0.3) is 0 Å². The molecular weight excluding hydrogens is 320 g/mol. The zero-order valence-electron chi connectivity index (χ0n) is 14.8. The quantitative estimate of drug-likeness (QED) is 0.781. The molecule has 0 aliphatic rings. The molecule has 0 saturated carbocycles. The number of rotatable bonds is 7. The van der Waals surface area contributed by atoms with Gasteiger partial charge >= 0.3 is 5.97 Å². The number of methoxy groups -OCH3 is 1. The van der Waals surface area contributed by atoms with Gasteiger partial charge < -0.3 is 19.5 Å². The number of aliphatic imine (C=N–C) groups is 1. The van der Waals surface area contributed by atoms with E-state index in [-0.39, 0.29) is 0 Å². The molecule has 0 bridgehead atoms. The second-order valence-electron chi connectivity index (χ2n) is 5.68. The highest BCUT2D eigenvalue weighted by Gasteiger charge is 2.15. The van der Waals surface area contributed by atoms with Gasteiger partial charge in [0.1, 0.15) is 0 Å². The molecule has 25 heavy (non-hydrogen) atoms. The number of carboxylic acids is 1. The molecule has 2 rings (SSSR count). The Morgan fingerprint density at radius 2 is 1.84 bits per heavy atom. The van der Waals surface area contributed by atoms with Crippen molar-refractivity contribution in [1.82, 2.24) is 0 Å². The Labute approximate surface area is 147 Å². The van der Waals surface area contributed by atoms with Gasteiger partial charge in [-0.3, -0.25) is 4.99 Å². The normalized spacial score (nSPS) is 12.0. The Morgan fingerprint density at radius 3 is 2.40 bits per heavy atom. The molecule has 0 saturated heterocycles. The van der Waals surface area contributed by atoms with E-state index in [1.807, 2.05) is 43.3 Å². The summed E-state index contributed by atoms with van der Waals surface area (Å²) in [6, 6.07) is 13.1. The lowest BCUT2D eigenvalue weighted by Crippen LogP contribution is -2.23. The van der Waals surface area contributed by atoms with Crippen LogP contribution in [0.15, 0.2) is 47.5 Å². The van der Waals surface area contributed by atoms with E-state index in [1.54, 1.807) is 24.4 Å². The van der Waals surface area contributed by atoms with Crippen LogP contribution in [-0.2, 0) is 4.79 Å². The van der Waals surface area contributed by atoms with E-state index in [1.165, 1.54) is 14.0 Å². The standard InChI is InChI=1S/C19H22N2O4/c1-13(19(22)23)25-17-10-5-14(11-18(17)24-4)12-20-15-6-8-16(9-7-15)21(2)3/h5-13H,1-4H3,(H,22,23)/t13-/m1/s1. The van der Waals surface area contributed by atoms with Crippen LogP contribution in [0.5, 0.6) is 11.5 Å². The van der Waals surface area contributed by atoms with Crippen LogP contribution in [0.1, 0.15) is 12.5 Å². The summed E-state index contributed by atoms with van der Waals surface area (Å²) in [5.74, 6) is -0.196. The van der Waals surface area contributed by atoms with Gasteiger partial charge in [-0.2, -0.15) is 0 Å². The fourth-order valence-electron chi connectivity index (χ4n) is 2.09. The van der Waals surface area contributed by atoms with Crippen LogP contribution in [0.3, 0.4) is 0 Å². The van der Waals surface area contributed by atoms with Crippen molar-refractivity contribution in [1.29, 1.82) is 0 Å². The van der Waals surface area contributed by atoms with Crippen molar-refractivity contribution in [2.24, 2.45) is 4.99 Å². The lowest BCUT2D eigenvalue weighted by molar-refractivity contribution is -0.144. The topological polar surface area (TPSA) is 71.4 Å². The van der Waals surface area contributed by atoms with Crippen molar-refractivity contribution < 1.29 is 19.4 Å². The van der Waals surface area contributed by atoms with Crippen molar-refractivity contribution in [3.63, 3.8) is 0 Å². The van der Waals surface area contributed by atoms with E-state index in [0.717, 1.165) is 16.9 Å². The number of carboxylic acid groups (broad SMARTS) is 1. The summed E-state index contributed by atoms with van der Waals surface area (Å²) < 4.78 is 10.7. The molecule has 6 heteroatoms. The molecule has 0 aliphatic carbocycles. The van der Waals surface area contributed by atoms with Crippen LogP contribution in [0, 0.1) is 0 Å². The maximum atomic E-state index is 10.9. The van der Waals surface area contributed by atoms with Crippen LogP contribution < -0.4 is 14.4 Å². The Bertz CT molecular complexity index is 755. The number of hydrogen-bond donors (Lipinski definition) is 1. The minimum absolute atomic E-state index is 0.380. The van der Waals surface area contributed by atoms with Crippen molar-refractivity contribution >= 4 is 23.6 Å². The summed E-state index contributed by atoms with van der Waals surface area (Å²) in [7, 11) is 5.48. The first-order valence-electron chi connectivity index (χ1n) is 7.79. The smallest absolute Gasteiger partial charge is 0.344 e. The van der Waals surface area contributed by atoms with Gasteiger partial charge in [0.05, 0.1) is 12.8 Å². The number of aliphatic carboxylic acids is 1. The first-order valence-corrected chi connectivity index (χ1v) is 7.79. The molecule has 0 heterocycles. The number of benzene rings is 2. The number of anilines is 1. The van der Waals surface area contributed by atoms with Crippen molar-refractivity contribution in [3.8, 4) is 11.5 Å². The molecule has 0 amide bonds. The molecule has 0 unspecified atom stereocenters. The van der Waals surface area contributed by atoms with Gasteiger partial charge in [0, 0.05) is 26.0 Å². The molecule has 0 spiro atoms. The van der Waals surface area contributed by atoms with Crippen LogP contribution >= 0.6 is 0 Å². The first-order chi connectivity index (χ1) is 11.9. The van der Waals surface area contributed by atoms with E-state index in [4.69, 9.17) is 14.6 Å². The molecule has 0 fully saturated rings. The fourth-order valence-corrected chi connectivity index (χ4v) is 2.09. The van der Waals surface area contributed by atoms with Crippen LogP contribution in [0.25, 0.3) is 0 Å². The Hall–Kier alpha value is -3.02. The van der Waals surface area contributed by atoms with Crippen molar-refractivity contribution in [2.45, 2.75) is 13.0 Å². The van der Waals surface area contributed by atoms with Gasteiger partial charge in [-0.15, -0.1) is 0 Å². The van der Waals surface area contributed by atoms with Crippen LogP contribution in [0.2, 0.25) is 0 Å². The summed E-state index contributed by atoms with van der Waals surface area (Å²) >= 11 is 0. The minimum atomic E-state index is -1.03. The SMILES string of the molecule is COc1cc(C=Nc2ccc(N(C)C)cc2)ccc1O[C@H](C)C(=O)O. The summed E-state index contributed by atoms with van der Waals surface area (Å²) in [6.45, 7) is 1.47. The summed E-state index contributed by atoms with van der Waals surface area (Å²) in [6.07, 6.45) is 0.765. The lowest BCUT2D eigenvalue weighted by atomic mass is 10.2. The van der Waals surface area contributed by atoms with Gasteiger partial charge in [-0.1, -0.05) is 0 Å². The molecule has 2 aromatic carbocycles. The molecule has 0 aromatic heterocycles. The van der Waals surface area contributed by atoms with Crippen LogP contribution in [0.4, 0.5) is 11.4 Å². The van der Waals surface area contributed by atoms with Gasteiger partial charge in [0.2, 0.25) is 0 Å². The van der Waals surface area contributed by atoms with Gasteiger partial charge in [-0.05, 0) is 55.0 Å². The molecule has 132 valence electrons. The van der Waals surface area contributed by atoms with Crippen molar-refractivity contribution in [3.05, 3.63) is 48.0 Å². The number of hydrogen-bond acceptors (Lipinski definition) is 5. The molecule has 6 nitrogen and oxygen atoms in total. The first kappa shape index (κ1) is 18.3.